The Morgan fingerprint density at radius 3 is 1.76 bits per heavy atom. The van der Waals surface area contributed by atoms with Gasteiger partial charge in [0.15, 0.2) is 0 Å². The predicted octanol–water partition coefficient (Wildman–Crippen LogP) is 3.85. The summed E-state index contributed by atoms with van der Waals surface area (Å²) in [5.74, 6) is 1.17. The number of ether oxygens (including phenoxy) is 1. The Labute approximate surface area is 102 Å². The monoisotopic (exact) mass is 237 g/mol. The molecule has 0 amide bonds. The summed E-state index contributed by atoms with van der Waals surface area (Å²) in [5, 5.41) is 10.9. The van der Waals surface area contributed by atoms with Gasteiger partial charge in [-0.05, 0) is 11.8 Å². The zero-order valence-electron chi connectivity index (χ0n) is 11.0. The molecule has 0 aliphatic rings. The highest BCUT2D eigenvalue weighted by molar-refractivity contribution is 5.52. The fraction of sp³-hybridized carbons (Fsp3) is 0.538. The topological polar surface area (TPSA) is 52.4 Å². The highest BCUT2D eigenvalue weighted by Gasteiger charge is 2.20. The zero-order chi connectivity index (χ0) is 13.2. The number of nitro groups is 1. The quantitative estimate of drug-likeness (QED) is 0.590. The lowest BCUT2D eigenvalue weighted by atomic mass is 9.93. The van der Waals surface area contributed by atoms with Crippen LogP contribution in [0.1, 0.15) is 50.7 Å². The Hall–Kier alpha value is -1.58. The van der Waals surface area contributed by atoms with E-state index in [9.17, 15) is 10.1 Å². The molecule has 4 heteroatoms. The lowest BCUT2D eigenvalue weighted by Gasteiger charge is -2.17. The number of benzene rings is 1. The van der Waals surface area contributed by atoms with Gasteiger partial charge >= 0.3 is 0 Å². The summed E-state index contributed by atoms with van der Waals surface area (Å²) in [5.41, 5.74) is 1.93. The molecule has 0 spiro atoms. The molecule has 94 valence electrons. The average molecular weight is 237 g/mol. The van der Waals surface area contributed by atoms with Crippen molar-refractivity contribution >= 4 is 5.69 Å². The minimum Gasteiger partial charge on any atom is -0.496 e. The summed E-state index contributed by atoms with van der Waals surface area (Å²) in [6.07, 6.45) is 0. The van der Waals surface area contributed by atoms with Crippen LogP contribution in [-0.2, 0) is 0 Å². The Balaban J connectivity index is 3.51. The number of hydrogen-bond acceptors (Lipinski definition) is 3. The lowest BCUT2D eigenvalue weighted by Crippen LogP contribution is -2.03. The Morgan fingerprint density at radius 1 is 1.12 bits per heavy atom. The van der Waals surface area contributed by atoms with E-state index in [4.69, 9.17) is 4.74 Å². The largest absolute Gasteiger partial charge is 0.496 e. The van der Waals surface area contributed by atoms with E-state index in [1.54, 1.807) is 19.2 Å². The highest BCUT2D eigenvalue weighted by Crippen LogP contribution is 2.37. The molecule has 4 nitrogen and oxygen atoms in total. The van der Waals surface area contributed by atoms with Crippen molar-refractivity contribution in [1.29, 1.82) is 0 Å². The maximum absolute atomic E-state index is 10.9. The van der Waals surface area contributed by atoms with Crippen LogP contribution in [0.5, 0.6) is 5.75 Å². The van der Waals surface area contributed by atoms with E-state index >= 15 is 0 Å². The van der Waals surface area contributed by atoms with Crippen molar-refractivity contribution in [3.63, 3.8) is 0 Å². The van der Waals surface area contributed by atoms with Gasteiger partial charge in [-0.3, -0.25) is 10.1 Å². The van der Waals surface area contributed by atoms with Gasteiger partial charge in [-0.2, -0.15) is 0 Å². The molecular weight excluding hydrogens is 218 g/mol. The predicted molar refractivity (Wildman–Crippen MR) is 67.8 cm³/mol. The van der Waals surface area contributed by atoms with Gasteiger partial charge in [-0.15, -0.1) is 0 Å². The first-order valence-corrected chi connectivity index (χ1v) is 5.74. The van der Waals surface area contributed by atoms with Crippen molar-refractivity contribution in [2.75, 3.05) is 7.11 Å². The number of nitro benzene ring substituents is 1. The summed E-state index contributed by atoms with van der Waals surface area (Å²) in [6.45, 7) is 8.02. The van der Waals surface area contributed by atoms with E-state index in [2.05, 4.69) is 0 Å². The van der Waals surface area contributed by atoms with Crippen molar-refractivity contribution in [1.82, 2.24) is 0 Å². The molecule has 0 N–H and O–H groups in total. The maximum atomic E-state index is 10.9. The summed E-state index contributed by atoms with van der Waals surface area (Å²) in [7, 11) is 1.61. The first-order valence-electron chi connectivity index (χ1n) is 5.74. The summed E-state index contributed by atoms with van der Waals surface area (Å²) in [4.78, 5) is 10.6. The van der Waals surface area contributed by atoms with E-state index in [0.717, 1.165) is 16.9 Å². The number of hydrogen-bond donors (Lipinski definition) is 0. The third kappa shape index (κ3) is 2.75. The molecule has 0 heterocycles. The van der Waals surface area contributed by atoms with E-state index in [0.29, 0.717) is 0 Å². The standard InChI is InChI=1S/C13H19NO3/c1-8(2)11-6-10(14(15)16)7-12(9(3)4)13(11)17-5/h6-9H,1-5H3. The van der Waals surface area contributed by atoms with Crippen molar-refractivity contribution in [2.45, 2.75) is 39.5 Å². The minimum absolute atomic E-state index is 0.137. The second-order valence-corrected chi connectivity index (χ2v) is 4.72. The van der Waals surface area contributed by atoms with Crippen LogP contribution in [0.2, 0.25) is 0 Å². The number of non-ortho nitro benzene ring substituents is 1. The molecule has 1 aromatic carbocycles. The molecule has 1 rings (SSSR count). The Bertz CT molecular complexity index is 396. The number of nitrogens with zero attached hydrogens (tertiary/aromatic N) is 1. The molecule has 0 fully saturated rings. The summed E-state index contributed by atoms with van der Waals surface area (Å²) in [6, 6.07) is 3.21. The lowest BCUT2D eigenvalue weighted by molar-refractivity contribution is -0.385. The third-order valence-electron chi connectivity index (χ3n) is 2.79. The van der Waals surface area contributed by atoms with Gasteiger partial charge in [0.2, 0.25) is 0 Å². The molecule has 0 aliphatic heterocycles. The highest BCUT2D eigenvalue weighted by atomic mass is 16.6. The van der Waals surface area contributed by atoms with Crippen molar-refractivity contribution in [3.05, 3.63) is 33.4 Å². The second-order valence-electron chi connectivity index (χ2n) is 4.72. The van der Waals surface area contributed by atoms with Crippen LogP contribution in [0.3, 0.4) is 0 Å². The van der Waals surface area contributed by atoms with E-state index in [-0.39, 0.29) is 22.4 Å². The first-order chi connectivity index (χ1) is 7.88. The third-order valence-corrected chi connectivity index (χ3v) is 2.79. The molecule has 0 saturated carbocycles. The normalized spacial score (nSPS) is 11.0. The zero-order valence-corrected chi connectivity index (χ0v) is 11.0. The van der Waals surface area contributed by atoms with E-state index in [1.165, 1.54) is 0 Å². The molecule has 0 radical (unpaired) electrons. The van der Waals surface area contributed by atoms with Crippen LogP contribution in [0.4, 0.5) is 5.69 Å². The molecule has 0 bridgehead atoms. The first kappa shape index (κ1) is 13.5. The average Bonchev–Trinajstić information content (AvgIpc) is 2.26. The van der Waals surface area contributed by atoms with Crippen molar-refractivity contribution in [3.8, 4) is 5.75 Å². The number of rotatable bonds is 4. The van der Waals surface area contributed by atoms with E-state index < -0.39 is 0 Å². The fourth-order valence-electron chi connectivity index (χ4n) is 1.86. The summed E-state index contributed by atoms with van der Waals surface area (Å²) >= 11 is 0. The molecule has 1 aromatic rings. The van der Waals surface area contributed by atoms with Gasteiger partial charge in [-0.1, -0.05) is 27.7 Å². The van der Waals surface area contributed by atoms with Crippen LogP contribution >= 0.6 is 0 Å². The molecule has 17 heavy (non-hydrogen) atoms. The van der Waals surface area contributed by atoms with Crippen molar-refractivity contribution < 1.29 is 9.66 Å². The molecular formula is C13H19NO3. The fourth-order valence-corrected chi connectivity index (χ4v) is 1.86. The van der Waals surface area contributed by atoms with Gasteiger partial charge < -0.3 is 4.74 Å². The number of methoxy groups -OCH3 is 1. The van der Waals surface area contributed by atoms with Gasteiger partial charge in [0, 0.05) is 23.3 Å². The molecule has 0 aromatic heterocycles. The van der Waals surface area contributed by atoms with Crippen LogP contribution in [0, 0.1) is 10.1 Å². The Morgan fingerprint density at radius 2 is 1.53 bits per heavy atom. The summed E-state index contributed by atoms with van der Waals surface area (Å²) < 4.78 is 5.41. The second kappa shape index (κ2) is 5.17. The van der Waals surface area contributed by atoms with Crippen molar-refractivity contribution in [2.24, 2.45) is 0 Å². The van der Waals surface area contributed by atoms with E-state index in [1.807, 2.05) is 27.7 Å². The minimum atomic E-state index is -0.350. The van der Waals surface area contributed by atoms with Gasteiger partial charge in [0.05, 0.1) is 12.0 Å². The van der Waals surface area contributed by atoms with Crippen LogP contribution in [0.25, 0.3) is 0 Å². The van der Waals surface area contributed by atoms with Gasteiger partial charge in [-0.25, -0.2) is 0 Å². The van der Waals surface area contributed by atoms with Crippen LogP contribution in [0.15, 0.2) is 12.1 Å². The molecule has 0 saturated heterocycles. The Kier molecular flexibility index (Phi) is 4.10. The van der Waals surface area contributed by atoms with Gasteiger partial charge in [0.25, 0.3) is 5.69 Å². The maximum Gasteiger partial charge on any atom is 0.270 e. The van der Waals surface area contributed by atoms with Gasteiger partial charge in [0.1, 0.15) is 5.75 Å². The van der Waals surface area contributed by atoms with Crippen LogP contribution < -0.4 is 4.74 Å². The smallest absolute Gasteiger partial charge is 0.270 e. The molecule has 0 aliphatic carbocycles. The molecule has 0 unspecified atom stereocenters. The SMILES string of the molecule is COc1c(C(C)C)cc([N+](=O)[O-])cc1C(C)C. The van der Waals surface area contributed by atoms with Crippen LogP contribution in [-0.4, -0.2) is 12.0 Å². The molecule has 0 atom stereocenters.